The van der Waals surface area contributed by atoms with Crippen LogP contribution in [0.15, 0.2) is 36.4 Å². The van der Waals surface area contributed by atoms with Gasteiger partial charge in [-0.15, -0.1) is 0 Å². The Morgan fingerprint density at radius 3 is 2.71 bits per heavy atom. The maximum Gasteiger partial charge on any atom is 0.257 e. The first kappa shape index (κ1) is 17.8. The zero-order chi connectivity index (χ0) is 25.1. The first-order chi connectivity index (χ1) is 15.8. The average molecular weight is 446 g/mol. The number of nitrogens with one attached hydrogen (secondary N) is 1. The number of carbonyl (C=O) groups excluding carboxylic acids is 2. The monoisotopic (exact) mass is 445 g/mol. The van der Waals surface area contributed by atoms with Gasteiger partial charge in [0, 0.05) is 21.5 Å². The van der Waals surface area contributed by atoms with Gasteiger partial charge in [0.2, 0.25) is 5.91 Å². The van der Waals surface area contributed by atoms with Crippen molar-refractivity contribution in [1.29, 1.82) is 0 Å². The Morgan fingerprint density at radius 1 is 1.35 bits per heavy atom. The van der Waals surface area contributed by atoms with Crippen molar-refractivity contribution in [3.8, 4) is 5.75 Å². The molecule has 0 bridgehead atoms. The summed E-state index contributed by atoms with van der Waals surface area (Å²) in [6.45, 7) is 1.50. The first-order valence-electron chi connectivity index (χ1n) is 11.4. The standard InChI is InChI=1S/C23H26N2O5S/c1-14-11-16(9-10-20(14)30-2)19(13-31(3,28)29)25-12-17-5-4-6-18(21(17)23(25)27)24-22(26)15-7-8-15/h4-6,9-11,15,19H,7-8,12-13H2,1-3H3,(H,24,26)/t19-/m1/s1/i13D2,19D. The molecule has 2 amide bonds. The van der Waals surface area contributed by atoms with Gasteiger partial charge in [-0.05, 0) is 48.6 Å². The van der Waals surface area contributed by atoms with Gasteiger partial charge >= 0.3 is 0 Å². The summed E-state index contributed by atoms with van der Waals surface area (Å²) in [4.78, 5) is 26.9. The summed E-state index contributed by atoms with van der Waals surface area (Å²) in [5.41, 5.74) is -1.72. The number of carbonyl (C=O) groups is 2. The van der Waals surface area contributed by atoms with E-state index in [0.717, 1.165) is 17.7 Å². The van der Waals surface area contributed by atoms with Crippen LogP contribution in [0.3, 0.4) is 0 Å². The number of anilines is 1. The van der Waals surface area contributed by atoms with Gasteiger partial charge < -0.3 is 15.0 Å². The van der Waals surface area contributed by atoms with Gasteiger partial charge in [-0.1, -0.05) is 24.3 Å². The second-order valence-corrected chi connectivity index (χ2v) is 9.65. The highest BCUT2D eigenvalue weighted by Gasteiger charge is 2.38. The third-order valence-corrected chi connectivity index (χ3v) is 5.93. The molecule has 0 saturated heterocycles. The largest absolute Gasteiger partial charge is 0.496 e. The summed E-state index contributed by atoms with van der Waals surface area (Å²) in [5, 5.41) is 2.76. The quantitative estimate of drug-likeness (QED) is 0.707. The highest BCUT2D eigenvalue weighted by atomic mass is 32.2. The zero-order valence-corrected chi connectivity index (χ0v) is 18.4. The summed E-state index contributed by atoms with van der Waals surface area (Å²) in [7, 11) is -3.00. The molecule has 1 heterocycles. The van der Waals surface area contributed by atoms with Crippen molar-refractivity contribution in [1.82, 2.24) is 4.90 Å². The molecule has 2 aromatic carbocycles. The molecule has 31 heavy (non-hydrogen) atoms. The van der Waals surface area contributed by atoms with Crippen molar-refractivity contribution in [2.75, 3.05) is 24.4 Å². The van der Waals surface area contributed by atoms with Crippen molar-refractivity contribution < 1.29 is 26.9 Å². The van der Waals surface area contributed by atoms with Crippen molar-refractivity contribution in [2.24, 2.45) is 5.92 Å². The number of nitrogens with zero attached hydrogens (tertiary/aromatic N) is 1. The number of rotatable bonds is 7. The van der Waals surface area contributed by atoms with Gasteiger partial charge in [-0.25, -0.2) is 8.42 Å². The maximum atomic E-state index is 13.7. The van der Waals surface area contributed by atoms with Crippen molar-refractivity contribution in [3.63, 3.8) is 0 Å². The highest BCUT2D eigenvalue weighted by molar-refractivity contribution is 7.90. The van der Waals surface area contributed by atoms with Crippen LogP contribution in [0.5, 0.6) is 5.75 Å². The number of amides is 2. The molecule has 7 nitrogen and oxygen atoms in total. The van der Waals surface area contributed by atoms with E-state index in [-0.39, 0.29) is 35.2 Å². The van der Waals surface area contributed by atoms with E-state index < -0.39 is 27.5 Å². The Bertz CT molecular complexity index is 1290. The normalized spacial score (nSPS) is 19.6. The molecule has 1 saturated carbocycles. The van der Waals surface area contributed by atoms with E-state index in [0.29, 0.717) is 23.1 Å². The van der Waals surface area contributed by atoms with Crippen LogP contribution in [0, 0.1) is 12.8 Å². The van der Waals surface area contributed by atoms with E-state index in [4.69, 9.17) is 7.48 Å². The average Bonchev–Trinajstić information content (AvgIpc) is 3.56. The summed E-state index contributed by atoms with van der Waals surface area (Å²) in [5.74, 6) is -0.542. The van der Waals surface area contributed by atoms with Gasteiger partial charge in [-0.3, -0.25) is 9.59 Å². The molecule has 164 valence electrons. The molecule has 1 N–H and O–H groups in total. The molecule has 1 fully saturated rings. The van der Waals surface area contributed by atoms with Gasteiger partial charge in [0.25, 0.3) is 5.91 Å². The fraction of sp³-hybridized carbons (Fsp3) is 0.391. The third kappa shape index (κ3) is 4.44. The van der Waals surface area contributed by atoms with Crippen LogP contribution in [0.2, 0.25) is 0 Å². The summed E-state index contributed by atoms with van der Waals surface area (Å²) < 4.78 is 56.8. The van der Waals surface area contributed by atoms with Crippen LogP contribution < -0.4 is 10.1 Å². The minimum atomic E-state index is -4.47. The Hall–Kier alpha value is -2.87. The Morgan fingerprint density at radius 2 is 2.10 bits per heavy atom. The van der Waals surface area contributed by atoms with Crippen molar-refractivity contribution in [2.45, 2.75) is 32.3 Å². The molecule has 0 unspecified atom stereocenters. The number of hydrogen-bond acceptors (Lipinski definition) is 5. The SMILES string of the molecule is [2H]C([2H])([C@]([2H])(c1ccc(OC)c(C)c1)N1Cc2cccc(NC(=O)C3CC3)c2C1=O)S(C)(=O)=O. The van der Waals surface area contributed by atoms with E-state index >= 15 is 0 Å². The van der Waals surface area contributed by atoms with Crippen LogP contribution >= 0.6 is 0 Å². The Balaban J connectivity index is 1.85. The van der Waals surface area contributed by atoms with Crippen LogP contribution in [-0.4, -0.2) is 44.2 Å². The lowest BCUT2D eigenvalue weighted by atomic mass is 10.0. The summed E-state index contributed by atoms with van der Waals surface area (Å²) >= 11 is 0. The molecule has 1 aliphatic carbocycles. The molecular weight excluding hydrogens is 416 g/mol. The number of aryl methyl sites for hydroxylation is 1. The topological polar surface area (TPSA) is 92.8 Å². The summed E-state index contributed by atoms with van der Waals surface area (Å²) in [6.07, 6.45) is 2.27. The lowest BCUT2D eigenvalue weighted by Crippen LogP contribution is -2.34. The van der Waals surface area contributed by atoms with E-state index in [1.165, 1.54) is 25.3 Å². The minimum Gasteiger partial charge on any atom is -0.496 e. The van der Waals surface area contributed by atoms with Gasteiger partial charge in [0.1, 0.15) is 15.6 Å². The van der Waals surface area contributed by atoms with Crippen LogP contribution in [-0.2, 0) is 21.2 Å². The van der Waals surface area contributed by atoms with E-state index in [2.05, 4.69) is 5.32 Å². The zero-order valence-electron chi connectivity index (χ0n) is 20.6. The van der Waals surface area contributed by atoms with Gasteiger partial charge in [0.05, 0.1) is 31.5 Å². The summed E-state index contributed by atoms with van der Waals surface area (Å²) in [6, 6.07) is 6.64. The maximum absolute atomic E-state index is 13.7. The van der Waals surface area contributed by atoms with Crippen LogP contribution in [0.4, 0.5) is 5.69 Å². The Kier molecular flexibility index (Phi) is 4.58. The smallest absolute Gasteiger partial charge is 0.257 e. The molecule has 2 aromatic rings. The van der Waals surface area contributed by atoms with E-state index in [1.807, 2.05) is 0 Å². The lowest BCUT2D eigenvalue weighted by Gasteiger charge is -2.28. The highest BCUT2D eigenvalue weighted by Crippen LogP contribution is 2.38. The second kappa shape index (κ2) is 8.00. The number of methoxy groups -OCH3 is 1. The van der Waals surface area contributed by atoms with Gasteiger partial charge in [0.15, 0.2) is 0 Å². The molecule has 2 aliphatic rings. The number of hydrogen-bond donors (Lipinski definition) is 1. The number of benzene rings is 2. The fourth-order valence-corrected chi connectivity index (χ4v) is 4.28. The molecule has 0 spiro atoms. The van der Waals surface area contributed by atoms with Crippen molar-refractivity contribution >= 4 is 27.3 Å². The Labute approximate surface area is 186 Å². The van der Waals surface area contributed by atoms with E-state index in [1.54, 1.807) is 25.1 Å². The minimum absolute atomic E-state index is 0.00838. The number of fused-ring (bicyclic) bond motifs is 1. The van der Waals surface area contributed by atoms with Gasteiger partial charge in [-0.2, -0.15) is 0 Å². The predicted molar refractivity (Wildman–Crippen MR) is 118 cm³/mol. The molecule has 4 rings (SSSR count). The molecule has 1 aliphatic heterocycles. The number of sulfone groups is 1. The third-order valence-electron chi connectivity index (χ3n) is 5.36. The van der Waals surface area contributed by atoms with Crippen LogP contribution in [0.1, 0.15) is 50.0 Å². The molecule has 0 aromatic heterocycles. The molecule has 0 radical (unpaired) electrons. The van der Waals surface area contributed by atoms with E-state index in [9.17, 15) is 19.4 Å². The molecule has 1 atom stereocenters. The predicted octanol–water partition coefficient (Wildman–Crippen LogP) is 3.09. The van der Waals surface area contributed by atoms with Crippen LogP contribution in [0.25, 0.3) is 0 Å². The number of ether oxygens (including phenoxy) is 1. The van der Waals surface area contributed by atoms with Crippen molar-refractivity contribution in [3.05, 3.63) is 58.7 Å². The lowest BCUT2D eigenvalue weighted by molar-refractivity contribution is -0.117. The fourth-order valence-electron chi connectivity index (χ4n) is 3.70. The first-order valence-corrected chi connectivity index (χ1v) is 11.8. The molecule has 8 heteroatoms. The molecular formula is C23H26N2O5S. The second-order valence-electron chi connectivity index (χ2n) is 7.90.